The summed E-state index contributed by atoms with van der Waals surface area (Å²) in [5.74, 6) is -3.64. The molecule has 1 saturated heterocycles. The maximum absolute atomic E-state index is 13.4. The van der Waals surface area contributed by atoms with Crippen LogP contribution in [0.15, 0.2) is 12.1 Å². The Labute approximate surface area is 98.0 Å². The van der Waals surface area contributed by atoms with Crippen LogP contribution in [-0.2, 0) is 11.3 Å². The molecule has 2 rings (SSSR count). The van der Waals surface area contributed by atoms with Gasteiger partial charge < -0.3 is 4.74 Å². The summed E-state index contributed by atoms with van der Waals surface area (Å²) in [5, 5.41) is 0. The van der Waals surface area contributed by atoms with E-state index < -0.39 is 17.5 Å². The largest absolute Gasteiger partial charge is 0.376 e. The maximum Gasteiger partial charge on any atom is 0.194 e. The van der Waals surface area contributed by atoms with E-state index in [1.54, 1.807) is 0 Å². The summed E-state index contributed by atoms with van der Waals surface area (Å²) in [6.45, 7) is 4.11. The molecule has 0 bridgehead atoms. The van der Waals surface area contributed by atoms with Crippen molar-refractivity contribution in [3.05, 3.63) is 35.1 Å². The van der Waals surface area contributed by atoms with Gasteiger partial charge in [-0.25, -0.2) is 13.2 Å². The molecule has 0 aliphatic carbocycles. The first kappa shape index (κ1) is 12.4. The third-order valence-electron chi connectivity index (χ3n) is 2.83. The van der Waals surface area contributed by atoms with Gasteiger partial charge >= 0.3 is 0 Å². The molecule has 0 N–H and O–H groups in total. The molecule has 5 heteroatoms. The zero-order chi connectivity index (χ0) is 12.4. The van der Waals surface area contributed by atoms with Crippen molar-refractivity contribution in [1.82, 2.24) is 4.90 Å². The number of ether oxygens (including phenoxy) is 1. The summed E-state index contributed by atoms with van der Waals surface area (Å²) < 4.78 is 44.6. The van der Waals surface area contributed by atoms with Gasteiger partial charge in [0.05, 0.1) is 12.7 Å². The number of benzene rings is 1. The van der Waals surface area contributed by atoms with Crippen molar-refractivity contribution >= 4 is 0 Å². The number of halogens is 3. The Kier molecular flexibility index (Phi) is 3.69. The molecule has 1 aromatic rings. The van der Waals surface area contributed by atoms with E-state index in [9.17, 15) is 13.2 Å². The van der Waals surface area contributed by atoms with E-state index in [4.69, 9.17) is 4.74 Å². The molecule has 1 atom stereocenters. The molecule has 2 nitrogen and oxygen atoms in total. The summed E-state index contributed by atoms with van der Waals surface area (Å²) >= 11 is 0. The lowest BCUT2D eigenvalue weighted by molar-refractivity contribution is -0.0215. The van der Waals surface area contributed by atoms with Gasteiger partial charge in [0.25, 0.3) is 0 Å². The first-order valence-corrected chi connectivity index (χ1v) is 5.54. The van der Waals surface area contributed by atoms with E-state index in [-0.39, 0.29) is 18.2 Å². The van der Waals surface area contributed by atoms with Gasteiger partial charge in [-0.05, 0) is 13.0 Å². The molecular formula is C12H14F3NO. The molecule has 0 unspecified atom stereocenters. The smallest absolute Gasteiger partial charge is 0.194 e. The van der Waals surface area contributed by atoms with Crippen LogP contribution in [0.3, 0.4) is 0 Å². The fourth-order valence-corrected chi connectivity index (χ4v) is 1.96. The molecule has 0 amide bonds. The van der Waals surface area contributed by atoms with Gasteiger partial charge in [-0.2, -0.15) is 0 Å². The minimum absolute atomic E-state index is 0.0807. The average Bonchev–Trinajstić information content (AvgIpc) is 2.30. The van der Waals surface area contributed by atoms with E-state index in [1.165, 1.54) is 6.07 Å². The van der Waals surface area contributed by atoms with Crippen LogP contribution >= 0.6 is 0 Å². The van der Waals surface area contributed by atoms with Crippen molar-refractivity contribution in [1.29, 1.82) is 0 Å². The van der Waals surface area contributed by atoms with E-state index in [2.05, 4.69) is 0 Å². The Morgan fingerprint density at radius 1 is 1.29 bits per heavy atom. The van der Waals surface area contributed by atoms with Crippen molar-refractivity contribution in [2.45, 2.75) is 19.6 Å². The van der Waals surface area contributed by atoms with Crippen molar-refractivity contribution in [2.24, 2.45) is 0 Å². The number of morpholine rings is 1. The number of hydrogen-bond acceptors (Lipinski definition) is 2. The summed E-state index contributed by atoms with van der Waals surface area (Å²) in [6.07, 6.45) is 0.0807. The van der Waals surface area contributed by atoms with Crippen molar-refractivity contribution in [2.75, 3.05) is 19.7 Å². The van der Waals surface area contributed by atoms with Crippen molar-refractivity contribution in [3.8, 4) is 0 Å². The topological polar surface area (TPSA) is 12.5 Å². The third-order valence-corrected chi connectivity index (χ3v) is 2.83. The summed E-state index contributed by atoms with van der Waals surface area (Å²) in [7, 11) is 0. The lowest BCUT2D eigenvalue weighted by Crippen LogP contribution is -2.40. The quantitative estimate of drug-likeness (QED) is 0.741. The highest BCUT2D eigenvalue weighted by Gasteiger charge is 2.20. The van der Waals surface area contributed by atoms with Crippen LogP contribution in [0.1, 0.15) is 12.5 Å². The van der Waals surface area contributed by atoms with Crippen LogP contribution in [0, 0.1) is 17.5 Å². The summed E-state index contributed by atoms with van der Waals surface area (Å²) in [5.41, 5.74) is 0.179. The van der Waals surface area contributed by atoms with Gasteiger partial charge in [0, 0.05) is 25.2 Å². The second-order valence-electron chi connectivity index (χ2n) is 4.25. The monoisotopic (exact) mass is 245 g/mol. The Bertz CT molecular complexity index is 411. The number of hydrogen-bond donors (Lipinski definition) is 0. The first-order valence-electron chi connectivity index (χ1n) is 5.54. The second kappa shape index (κ2) is 5.06. The first-order chi connectivity index (χ1) is 8.08. The number of nitrogens with zero attached hydrogens (tertiary/aromatic N) is 1. The lowest BCUT2D eigenvalue weighted by Gasteiger charge is -2.31. The number of rotatable bonds is 2. The van der Waals surface area contributed by atoms with E-state index in [1.807, 2.05) is 11.8 Å². The molecule has 1 heterocycles. The van der Waals surface area contributed by atoms with Crippen molar-refractivity contribution < 1.29 is 17.9 Å². The normalized spacial score (nSPS) is 21.8. The van der Waals surface area contributed by atoms with Gasteiger partial charge in [-0.15, -0.1) is 0 Å². The van der Waals surface area contributed by atoms with E-state index in [0.717, 1.165) is 6.07 Å². The fourth-order valence-electron chi connectivity index (χ4n) is 1.96. The SMILES string of the molecule is C[C@H]1CN(Cc2ccc(F)c(F)c2F)CCO1. The molecule has 94 valence electrons. The Balaban J connectivity index is 2.10. The molecule has 0 radical (unpaired) electrons. The lowest BCUT2D eigenvalue weighted by atomic mass is 10.1. The minimum Gasteiger partial charge on any atom is -0.376 e. The fraction of sp³-hybridized carbons (Fsp3) is 0.500. The van der Waals surface area contributed by atoms with Crippen LogP contribution in [0.4, 0.5) is 13.2 Å². The minimum atomic E-state index is -1.40. The van der Waals surface area contributed by atoms with Crippen molar-refractivity contribution in [3.63, 3.8) is 0 Å². The molecule has 1 aliphatic rings. The molecule has 1 fully saturated rings. The summed E-state index contributed by atoms with van der Waals surface area (Å²) in [6, 6.07) is 2.24. The van der Waals surface area contributed by atoms with Gasteiger partial charge in [0.2, 0.25) is 0 Å². The van der Waals surface area contributed by atoms with Crippen LogP contribution in [0.2, 0.25) is 0 Å². The standard InChI is InChI=1S/C12H14F3NO/c1-8-6-16(4-5-17-8)7-9-2-3-10(13)12(15)11(9)14/h2-3,8H,4-7H2,1H3/t8-/m0/s1. The molecule has 17 heavy (non-hydrogen) atoms. The summed E-state index contributed by atoms with van der Waals surface area (Å²) in [4.78, 5) is 1.96. The predicted octanol–water partition coefficient (Wildman–Crippen LogP) is 2.32. The van der Waals surface area contributed by atoms with Gasteiger partial charge in [0.1, 0.15) is 0 Å². The molecule has 1 aliphatic heterocycles. The van der Waals surface area contributed by atoms with E-state index >= 15 is 0 Å². The highest BCUT2D eigenvalue weighted by molar-refractivity contribution is 5.20. The Hall–Kier alpha value is -1.07. The van der Waals surface area contributed by atoms with Gasteiger partial charge in [-0.1, -0.05) is 6.07 Å². The molecule has 0 spiro atoms. The van der Waals surface area contributed by atoms with Crippen LogP contribution in [-0.4, -0.2) is 30.7 Å². The maximum atomic E-state index is 13.4. The highest BCUT2D eigenvalue weighted by atomic mass is 19.2. The Morgan fingerprint density at radius 2 is 2.06 bits per heavy atom. The second-order valence-corrected chi connectivity index (χ2v) is 4.25. The molecule has 0 saturated carbocycles. The molecular weight excluding hydrogens is 231 g/mol. The predicted molar refractivity (Wildman–Crippen MR) is 57.0 cm³/mol. The van der Waals surface area contributed by atoms with Crippen LogP contribution in [0.25, 0.3) is 0 Å². The third kappa shape index (κ3) is 2.79. The Morgan fingerprint density at radius 3 is 2.76 bits per heavy atom. The zero-order valence-electron chi connectivity index (χ0n) is 9.55. The molecule has 1 aromatic carbocycles. The van der Waals surface area contributed by atoms with Gasteiger partial charge in [-0.3, -0.25) is 4.90 Å². The zero-order valence-corrected chi connectivity index (χ0v) is 9.55. The van der Waals surface area contributed by atoms with E-state index in [0.29, 0.717) is 19.7 Å². The van der Waals surface area contributed by atoms with Gasteiger partial charge in [0.15, 0.2) is 17.5 Å². The molecule has 0 aromatic heterocycles. The highest BCUT2D eigenvalue weighted by Crippen LogP contribution is 2.18. The average molecular weight is 245 g/mol. The van der Waals surface area contributed by atoms with Crippen LogP contribution < -0.4 is 0 Å². The van der Waals surface area contributed by atoms with Crippen LogP contribution in [0.5, 0.6) is 0 Å².